The van der Waals surface area contributed by atoms with Crippen LogP contribution in [0.4, 0.5) is 0 Å². The smallest absolute Gasteiger partial charge is 0.311 e. The first kappa shape index (κ1) is 9.56. The number of hydrogen-bond acceptors (Lipinski definition) is 2. The lowest BCUT2D eigenvalue weighted by Crippen LogP contribution is -2.42. The van der Waals surface area contributed by atoms with E-state index in [2.05, 4.69) is 13.8 Å². The Kier molecular flexibility index (Phi) is 2.19. The molecule has 0 aliphatic carbocycles. The van der Waals surface area contributed by atoms with Crippen LogP contribution >= 0.6 is 0 Å². The molecule has 0 aromatic carbocycles. The molecule has 1 aliphatic rings. The van der Waals surface area contributed by atoms with Crippen LogP contribution in [0.3, 0.4) is 0 Å². The summed E-state index contributed by atoms with van der Waals surface area (Å²) in [4.78, 5) is 11.4. The maximum absolute atomic E-state index is 11.4. The van der Waals surface area contributed by atoms with Crippen molar-refractivity contribution in [1.29, 1.82) is 0 Å². The van der Waals surface area contributed by atoms with Gasteiger partial charge in [0.1, 0.15) is 0 Å². The molecule has 0 aromatic heterocycles. The van der Waals surface area contributed by atoms with Gasteiger partial charge in [-0.05, 0) is 19.8 Å². The molecule has 0 N–H and O–H groups in total. The fraction of sp³-hybridized carbons (Fsp3) is 0.900. The molecule has 1 fully saturated rings. The highest BCUT2D eigenvalue weighted by Gasteiger charge is 2.43. The van der Waals surface area contributed by atoms with Crippen LogP contribution in [0.5, 0.6) is 0 Å². The van der Waals surface area contributed by atoms with Crippen molar-refractivity contribution in [2.45, 2.75) is 40.5 Å². The molecule has 1 unspecified atom stereocenters. The number of rotatable bonds is 1. The molecule has 0 saturated carbocycles. The normalized spacial score (nSPS) is 34.5. The molecule has 70 valence electrons. The van der Waals surface area contributed by atoms with Crippen molar-refractivity contribution in [3.8, 4) is 0 Å². The van der Waals surface area contributed by atoms with Crippen LogP contribution in [0.1, 0.15) is 40.5 Å². The number of carbonyl (C=O) groups is 1. The lowest BCUT2D eigenvalue weighted by atomic mass is 9.71. The largest absolute Gasteiger partial charge is 0.465 e. The van der Waals surface area contributed by atoms with Crippen molar-refractivity contribution in [2.75, 3.05) is 6.61 Å². The van der Waals surface area contributed by atoms with Crippen molar-refractivity contribution < 1.29 is 9.53 Å². The highest BCUT2D eigenvalue weighted by Crippen LogP contribution is 2.41. The first-order chi connectivity index (χ1) is 5.40. The molecule has 1 rings (SSSR count). The van der Waals surface area contributed by atoms with E-state index >= 15 is 0 Å². The summed E-state index contributed by atoms with van der Waals surface area (Å²) in [7, 11) is 0. The molecule has 1 heterocycles. The van der Waals surface area contributed by atoms with Gasteiger partial charge < -0.3 is 4.74 Å². The number of hydrogen-bond donors (Lipinski definition) is 0. The summed E-state index contributed by atoms with van der Waals surface area (Å²) in [6.45, 7) is 8.90. The van der Waals surface area contributed by atoms with Crippen molar-refractivity contribution in [3.63, 3.8) is 0 Å². The summed E-state index contributed by atoms with van der Waals surface area (Å²) < 4.78 is 5.16. The van der Waals surface area contributed by atoms with E-state index in [0.717, 1.165) is 12.8 Å². The summed E-state index contributed by atoms with van der Waals surface area (Å²) in [5.41, 5.74) is -0.0968. The van der Waals surface area contributed by atoms with E-state index < -0.39 is 0 Å². The molecule has 0 aromatic rings. The van der Waals surface area contributed by atoms with Gasteiger partial charge in [-0.1, -0.05) is 20.8 Å². The summed E-state index contributed by atoms with van der Waals surface area (Å²) in [6.07, 6.45) is 1.81. The van der Waals surface area contributed by atoms with Gasteiger partial charge in [-0.15, -0.1) is 0 Å². The minimum atomic E-state index is -0.248. The predicted molar refractivity (Wildman–Crippen MR) is 47.8 cm³/mol. The zero-order valence-electron chi connectivity index (χ0n) is 8.44. The van der Waals surface area contributed by atoms with Crippen LogP contribution < -0.4 is 0 Å². The maximum Gasteiger partial charge on any atom is 0.311 e. The molecule has 1 saturated heterocycles. The van der Waals surface area contributed by atoms with Crippen LogP contribution in [0.25, 0.3) is 0 Å². The highest BCUT2D eigenvalue weighted by atomic mass is 16.5. The maximum atomic E-state index is 11.4. The number of carbonyl (C=O) groups excluding carboxylic acids is 1. The summed E-state index contributed by atoms with van der Waals surface area (Å²) >= 11 is 0. The van der Waals surface area contributed by atoms with E-state index in [1.54, 1.807) is 0 Å². The average Bonchev–Trinajstić information content (AvgIpc) is 1.97. The Bertz CT molecular complexity index is 196. The lowest BCUT2D eigenvalue weighted by Gasteiger charge is -2.40. The molecule has 0 amide bonds. The Labute approximate surface area is 74.3 Å². The minimum absolute atomic E-state index is 0.0238. The zero-order valence-corrected chi connectivity index (χ0v) is 8.44. The first-order valence-electron chi connectivity index (χ1n) is 4.57. The molecule has 2 heteroatoms. The van der Waals surface area contributed by atoms with E-state index in [9.17, 15) is 4.79 Å². The van der Waals surface area contributed by atoms with Gasteiger partial charge in [0.25, 0.3) is 0 Å². The van der Waals surface area contributed by atoms with Crippen molar-refractivity contribution in [3.05, 3.63) is 0 Å². The first-order valence-corrected chi connectivity index (χ1v) is 4.57. The van der Waals surface area contributed by atoms with Crippen molar-refractivity contribution in [2.24, 2.45) is 10.8 Å². The van der Waals surface area contributed by atoms with Gasteiger partial charge in [-0.2, -0.15) is 0 Å². The Morgan fingerprint density at radius 2 is 2.00 bits per heavy atom. The quantitative estimate of drug-likeness (QED) is 0.565. The fourth-order valence-electron chi connectivity index (χ4n) is 1.88. The second-order valence-corrected chi connectivity index (χ2v) is 4.83. The van der Waals surface area contributed by atoms with Gasteiger partial charge in [-0.3, -0.25) is 4.79 Å². The topological polar surface area (TPSA) is 26.3 Å². The summed E-state index contributed by atoms with van der Waals surface area (Å²) in [6, 6.07) is 0. The van der Waals surface area contributed by atoms with E-state index in [1.807, 2.05) is 13.8 Å². The number of esters is 1. The second-order valence-electron chi connectivity index (χ2n) is 4.83. The van der Waals surface area contributed by atoms with E-state index in [4.69, 9.17) is 4.74 Å². The van der Waals surface area contributed by atoms with Gasteiger partial charge in [-0.25, -0.2) is 0 Å². The fourth-order valence-corrected chi connectivity index (χ4v) is 1.88. The second kappa shape index (κ2) is 2.75. The van der Waals surface area contributed by atoms with Gasteiger partial charge in [0, 0.05) is 5.41 Å². The third-order valence-electron chi connectivity index (χ3n) is 2.74. The monoisotopic (exact) mass is 170 g/mol. The lowest BCUT2D eigenvalue weighted by molar-refractivity contribution is -0.170. The van der Waals surface area contributed by atoms with Crippen LogP contribution in [-0.4, -0.2) is 12.6 Å². The third-order valence-corrected chi connectivity index (χ3v) is 2.74. The Hall–Kier alpha value is -0.530. The SMILES string of the molecule is CCC1(C)CC(C)(C)COC1=O. The zero-order chi connectivity index (χ0) is 9.41. The Morgan fingerprint density at radius 1 is 1.42 bits per heavy atom. The van der Waals surface area contributed by atoms with Crippen LogP contribution in [0.15, 0.2) is 0 Å². The molecular formula is C10H18O2. The average molecular weight is 170 g/mol. The molecule has 0 bridgehead atoms. The molecule has 2 nitrogen and oxygen atoms in total. The minimum Gasteiger partial charge on any atom is -0.465 e. The summed E-state index contributed by atoms with van der Waals surface area (Å²) in [5, 5.41) is 0. The Morgan fingerprint density at radius 3 is 2.42 bits per heavy atom. The standard InChI is InChI=1S/C10H18O2/c1-5-10(4)6-9(2,3)7-12-8(10)11/h5-7H2,1-4H3. The molecular weight excluding hydrogens is 152 g/mol. The van der Waals surface area contributed by atoms with Crippen LogP contribution in [0, 0.1) is 10.8 Å². The summed E-state index contributed by atoms with van der Waals surface area (Å²) in [5.74, 6) is -0.0238. The van der Waals surface area contributed by atoms with Gasteiger partial charge in [0.2, 0.25) is 0 Å². The van der Waals surface area contributed by atoms with E-state index in [-0.39, 0.29) is 16.8 Å². The highest BCUT2D eigenvalue weighted by molar-refractivity contribution is 5.77. The van der Waals surface area contributed by atoms with Gasteiger partial charge >= 0.3 is 5.97 Å². The van der Waals surface area contributed by atoms with Gasteiger partial charge in [0.15, 0.2) is 0 Å². The van der Waals surface area contributed by atoms with Crippen LogP contribution in [-0.2, 0) is 9.53 Å². The number of cyclic esters (lactones) is 1. The van der Waals surface area contributed by atoms with E-state index in [0.29, 0.717) is 6.61 Å². The molecule has 0 radical (unpaired) electrons. The predicted octanol–water partition coefficient (Wildman–Crippen LogP) is 2.38. The molecule has 12 heavy (non-hydrogen) atoms. The third kappa shape index (κ3) is 1.62. The van der Waals surface area contributed by atoms with Crippen LogP contribution in [0.2, 0.25) is 0 Å². The molecule has 0 spiro atoms. The van der Waals surface area contributed by atoms with Crippen molar-refractivity contribution >= 4 is 5.97 Å². The van der Waals surface area contributed by atoms with E-state index in [1.165, 1.54) is 0 Å². The molecule has 1 aliphatic heterocycles. The Balaban J connectivity index is 2.79. The van der Waals surface area contributed by atoms with Crippen molar-refractivity contribution in [1.82, 2.24) is 0 Å². The molecule has 1 atom stereocenters. The van der Waals surface area contributed by atoms with Gasteiger partial charge in [0.05, 0.1) is 12.0 Å². The number of ether oxygens (including phenoxy) is 1.